The highest BCUT2D eigenvalue weighted by molar-refractivity contribution is 7.92. The summed E-state index contributed by atoms with van der Waals surface area (Å²) < 4.78 is 27.9. The van der Waals surface area contributed by atoms with E-state index in [9.17, 15) is 13.2 Å². The highest BCUT2D eigenvalue weighted by atomic mass is 35.5. The molecule has 0 atom stereocenters. The molecule has 1 N–H and O–H groups in total. The lowest BCUT2D eigenvalue weighted by Gasteiger charge is -2.25. The molecule has 0 radical (unpaired) electrons. The largest absolute Gasteiger partial charge is 0.324 e. The Hall–Kier alpha value is -2.83. The molecule has 0 fully saturated rings. The van der Waals surface area contributed by atoms with Gasteiger partial charge in [0.05, 0.1) is 10.6 Å². The third kappa shape index (κ3) is 4.83. The van der Waals surface area contributed by atoms with Crippen LogP contribution in [0.5, 0.6) is 0 Å². The van der Waals surface area contributed by atoms with Gasteiger partial charge in [0.15, 0.2) is 0 Å². The van der Waals surface area contributed by atoms with E-state index in [0.29, 0.717) is 16.4 Å². The topological polar surface area (TPSA) is 66.5 Å². The molecular weight excluding hydrogens is 420 g/mol. The Labute approximate surface area is 182 Å². The summed E-state index contributed by atoms with van der Waals surface area (Å²) in [6, 6.07) is 18.8. The van der Waals surface area contributed by atoms with Crippen LogP contribution in [0.2, 0.25) is 5.02 Å². The van der Waals surface area contributed by atoms with Gasteiger partial charge in [-0.3, -0.25) is 9.10 Å². The molecule has 3 rings (SSSR count). The molecule has 30 heavy (non-hydrogen) atoms. The number of hydrogen-bond donors (Lipinski definition) is 1. The van der Waals surface area contributed by atoms with Gasteiger partial charge in [0.1, 0.15) is 6.54 Å². The molecule has 1 amide bonds. The van der Waals surface area contributed by atoms with Crippen LogP contribution in [-0.2, 0) is 14.8 Å². The second-order valence-electron chi connectivity index (χ2n) is 7.12. The molecule has 0 bridgehead atoms. The fourth-order valence-electron chi connectivity index (χ4n) is 2.92. The first-order valence-electron chi connectivity index (χ1n) is 9.39. The van der Waals surface area contributed by atoms with Crippen molar-refractivity contribution in [3.63, 3.8) is 0 Å². The lowest BCUT2D eigenvalue weighted by Crippen LogP contribution is -2.38. The molecule has 0 saturated heterocycles. The highest BCUT2D eigenvalue weighted by Gasteiger charge is 2.27. The van der Waals surface area contributed by atoms with Crippen molar-refractivity contribution in [2.45, 2.75) is 25.7 Å². The number of para-hydroxylation sites is 1. The SMILES string of the molecule is Cc1ccc(S(=O)(=O)N(CC(=O)Nc2ccccc2C)c2ccc(C)c(Cl)c2)cc1. The van der Waals surface area contributed by atoms with Gasteiger partial charge < -0.3 is 5.32 Å². The fraction of sp³-hybridized carbons (Fsp3) is 0.174. The maximum absolute atomic E-state index is 13.4. The number of hydrogen-bond acceptors (Lipinski definition) is 3. The summed E-state index contributed by atoms with van der Waals surface area (Å²) in [5.41, 5.74) is 3.61. The van der Waals surface area contributed by atoms with Crippen LogP contribution < -0.4 is 9.62 Å². The summed E-state index contributed by atoms with van der Waals surface area (Å²) in [7, 11) is -3.98. The Morgan fingerprint density at radius 2 is 1.60 bits per heavy atom. The first-order valence-corrected chi connectivity index (χ1v) is 11.2. The van der Waals surface area contributed by atoms with Crippen molar-refractivity contribution in [1.29, 1.82) is 0 Å². The van der Waals surface area contributed by atoms with Gasteiger partial charge in [0.25, 0.3) is 10.0 Å². The van der Waals surface area contributed by atoms with Gasteiger partial charge in [-0.15, -0.1) is 0 Å². The van der Waals surface area contributed by atoms with Gasteiger partial charge in [0.2, 0.25) is 5.91 Å². The van der Waals surface area contributed by atoms with Gasteiger partial charge in [0, 0.05) is 10.7 Å². The molecule has 3 aromatic carbocycles. The van der Waals surface area contributed by atoms with Crippen molar-refractivity contribution >= 4 is 38.9 Å². The highest BCUT2D eigenvalue weighted by Crippen LogP contribution is 2.28. The minimum absolute atomic E-state index is 0.105. The molecule has 156 valence electrons. The zero-order valence-electron chi connectivity index (χ0n) is 17.0. The summed E-state index contributed by atoms with van der Waals surface area (Å²) in [4.78, 5) is 12.9. The first-order chi connectivity index (χ1) is 14.2. The number of rotatable bonds is 6. The van der Waals surface area contributed by atoms with Crippen LogP contribution in [-0.4, -0.2) is 20.9 Å². The molecule has 7 heteroatoms. The molecule has 0 aliphatic heterocycles. The average Bonchev–Trinajstić information content (AvgIpc) is 2.70. The van der Waals surface area contributed by atoms with Crippen molar-refractivity contribution in [2.24, 2.45) is 0 Å². The number of sulfonamides is 1. The normalized spacial score (nSPS) is 11.2. The smallest absolute Gasteiger partial charge is 0.264 e. The maximum atomic E-state index is 13.4. The monoisotopic (exact) mass is 442 g/mol. The van der Waals surface area contributed by atoms with E-state index in [-0.39, 0.29) is 11.4 Å². The third-order valence-electron chi connectivity index (χ3n) is 4.76. The Balaban J connectivity index is 1.99. The van der Waals surface area contributed by atoms with E-state index in [1.807, 2.05) is 39.0 Å². The molecule has 0 saturated carbocycles. The maximum Gasteiger partial charge on any atom is 0.264 e. The molecule has 0 aliphatic carbocycles. The Morgan fingerprint density at radius 1 is 0.933 bits per heavy atom. The number of nitrogens with one attached hydrogen (secondary N) is 1. The minimum Gasteiger partial charge on any atom is -0.324 e. The zero-order chi connectivity index (χ0) is 21.9. The number of carbonyl (C=O) groups is 1. The standard InChI is InChI=1S/C23H23ClN2O3S/c1-16-8-12-20(13-9-16)30(28,29)26(19-11-10-17(2)21(24)14-19)15-23(27)25-22-7-5-4-6-18(22)3/h4-14H,15H2,1-3H3,(H,25,27). The van der Waals surface area contributed by atoms with Crippen LogP contribution in [0.3, 0.4) is 0 Å². The van der Waals surface area contributed by atoms with E-state index in [1.54, 1.807) is 36.4 Å². The van der Waals surface area contributed by atoms with Crippen LogP contribution >= 0.6 is 11.6 Å². The number of nitrogens with zero attached hydrogens (tertiary/aromatic N) is 1. The van der Waals surface area contributed by atoms with Crippen molar-refractivity contribution in [2.75, 3.05) is 16.2 Å². The number of anilines is 2. The molecule has 0 spiro atoms. The summed E-state index contributed by atoms with van der Waals surface area (Å²) in [6.07, 6.45) is 0. The molecular formula is C23H23ClN2O3S. The van der Waals surface area contributed by atoms with Crippen molar-refractivity contribution in [1.82, 2.24) is 0 Å². The molecule has 5 nitrogen and oxygen atoms in total. The zero-order valence-corrected chi connectivity index (χ0v) is 18.6. The van der Waals surface area contributed by atoms with E-state index in [2.05, 4.69) is 5.32 Å². The van der Waals surface area contributed by atoms with E-state index in [1.165, 1.54) is 12.1 Å². The minimum atomic E-state index is -3.98. The predicted octanol–water partition coefficient (Wildman–Crippen LogP) is 5.10. The van der Waals surface area contributed by atoms with E-state index in [0.717, 1.165) is 21.0 Å². The third-order valence-corrected chi connectivity index (χ3v) is 6.95. The predicted molar refractivity (Wildman–Crippen MR) is 122 cm³/mol. The Bertz CT molecular complexity index is 1180. The summed E-state index contributed by atoms with van der Waals surface area (Å²) in [5.74, 6) is -0.448. The quantitative estimate of drug-likeness (QED) is 0.577. The van der Waals surface area contributed by atoms with Crippen LogP contribution in [0.15, 0.2) is 71.6 Å². The summed E-state index contributed by atoms with van der Waals surface area (Å²) in [5, 5.41) is 3.22. The van der Waals surface area contributed by atoms with Crippen molar-refractivity contribution in [3.05, 3.63) is 88.4 Å². The van der Waals surface area contributed by atoms with Gasteiger partial charge in [-0.05, 0) is 62.2 Å². The van der Waals surface area contributed by atoms with Crippen molar-refractivity contribution < 1.29 is 13.2 Å². The molecule has 0 aliphatic rings. The van der Waals surface area contributed by atoms with Crippen LogP contribution in [0.1, 0.15) is 16.7 Å². The summed E-state index contributed by atoms with van der Waals surface area (Å²) >= 11 is 6.24. The molecule has 3 aromatic rings. The Morgan fingerprint density at radius 3 is 2.23 bits per heavy atom. The molecule has 0 heterocycles. The van der Waals surface area contributed by atoms with Gasteiger partial charge in [-0.25, -0.2) is 8.42 Å². The van der Waals surface area contributed by atoms with Gasteiger partial charge in [-0.2, -0.15) is 0 Å². The number of amides is 1. The summed E-state index contributed by atoms with van der Waals surface area (Å²) in [6.45, 7) is 5.19. The number of halogens is 1. The van der Waals surface area contributed by atoms with Crippen LogP contribution in [0.4, 0.5) is 11.4 Å². The molecule has 0 aromatic heterocycles. The van der Waals surface area contributed by atoms with E-state index < -0.39 is 15.9 Å². The lowest BCUT2D eigenvalue weighted by molar-refractivity contribution is -0.114. The first kappa shape index (κ1) is 21.9. The lowest BCUT2D eigenvalue weighted by atomic mass is 10.2. The Kier molecular flexibility index (Phi) is 6.48. The fourth-order valence-corrected chi connectivity index (χ4v) is 4.51. The second kappa shape index (κ2) is 8.90. The van der Waals surface area contributed by atoms with E-state index >= 15 is 0 Å². The van der Waals surface area contributed by atoms with Gasteiger partial charge >= 0.3 is 0 Å². The van der Waals surface area contributed by atoms with E-state index in [4.69, 9.17) is 11.6 Å². The number of aryl methyl sites for hydroxylation is 3. The van der Waals surface area contributed by atoms with Crippen LogP contribution in [0, 0.1) is 20.8 Å². The second-order valence-corrected chi connectivity index (χ2v) is 9.39. The van der Waals surface area contributed by atoms with Crippen molar-refractivity contribution in [3.8, 4) is 0 Å². The van der Waals surface area contributed by atoms with Crippen LogP contribution in [0.25, 0.3) is 0 Å². The number of benzene rings is 3. The van der Waals surface area contributed by atoms with Gasteiger partial charge in [-0.1, -0.05) is 53.6 Å². The number of carbonyl (C=O) groups excluding carboxylic acids is 1. The average molecular weight is 443 g/mol. The molecule has 0 unspecified atom stereocenters.